The molecule has 0 bridgehead atoms. The van der Waals surface area contributed by atoms with Crippen molar-refractivity contribution in [2.75, 3.05) is 26.2 Å². The monoisotopic (exact) mass is 343 g/mol. The maximum atomic E-state index is 10.2. The van der Waals surface area contributed by atoms with Crippen molar-refractivity contribution in [2.24, 2.45) is 5.92 Å². The molecule has 2 fully saturated rings. The Morgan fingerprint density at radius 1 is 1.23 bits per heavy atom. The van der Waals surface area contributed by atoms with Crippen molar-refractivity contribution < 1.29 is 5.11 Å². The molecule has 6 heteroatoms. The maximum Gasteiger partial charge on any atom is 0.120 e. The highest BCUT2D eigenvalue weighted by Gasteiger charge is 2.35. The van der Waals surface area contributed by atoms with Crippen molar-refractivity contribution in [1.29, 1.82) is 5.26 Å². The van der Waals surface area contributed by atoms with Crippen LogP contribution in [-0.4, -0.2) is 36.2 Å². The molecule has 122 valence electrons. The van der Waals surface area contributed by atoms with Gasteiger partial charge in [-0.25, -0.2) is 0 Å². The number of rotatable bonds is 3. The fourth-order valence-electron chi connectivity index (χ4n) is 3.33. The first-order valence-corrected chi connectivity index (χ1v) is 7.47. The number of aromatic hydroxyl groups is 1. The number of nitrogens with zero attached hydrogens (tertiary/aromatic N) is 2. The van der Waals surface area contributed by atoms with Crippen molar-refractivity contribution in [3.05, 3.63) is 29.3 Å². The highest BCUT2D eigenvalue weighted by atomic mass is 35.5. The van der Waals surface area contributed by atoms with E-state index in [1.54, 1.807) is 12.1 Å². The summed E-state index contributed by atoms with van der Waals surface area (Å²) in [5, 5.41) is 22.7. The molecule has 1 saturated carbocycles. The van der Waals surface area contributed by atoms with Gasteiger partial charge in [0, 0.05) is 37.8 Å². The Hall–Kier alpha value is -0.990. The van der Waals surface area contributed by atoms with Crippen LogP contribution in [0.4, 0.5) is 0 Å². The van der Waals surface area contributed by atoms with Gasteiger partial charge in [-0.2, -0.15) is 5.26 Å². The van der Waals surface area contributed by atoms with Gasteiger partial charge >= 0.3 is 0 Å². The number of nitriles is 1. The Morgan fingerprint density at radius 3 is 2.45 bits per heavy atom. The van der Waals surface area contributed by atoms with E-state index >= 15 is 0 Å². The first-order chi connectivity index (χ1) is 9.79. The van der Waals surface area contributed by atoms with Crippen LogP contribution >= 0.6 is 24.8 Å². The number of phenols is 1. The van der Waals surface area contributed by atoms with Crippen LogP contribution in [0, 0.1) is 17.2 Å². The molecule has 0 aromatic heterocycles. The first kappa shape index (κ1) is 19.1. The van der Waals surface area contributed by atoms with E-state index in [9.17, 15) is 5.11 Å². The van der Waals surface area contributed by atoms with Crippen molar-refractivity contribution in [3.63, 3.8) is 0 Å². The molecule has 1 atom stereocenters. The predicted molar refractivity (Wildman–Crippen MR) is 91.8 cm³/mol. The molecule has 0 radical (unpaired) electrons. The van der Waals surface area contributed by atoms with Crippen LogP contribution in [-0.2, 0) is 0 Å². The average Bonchev–Trinajstić information content (AvgIpc) is 2.44. The average molecular weight is 344 g/mol. The molecule has 1 aliphatic carbocycles. The second-order valence-electron chi connectivity index (χ2n) is 5.81. The lowest BCUT2D eigenvalue weighted by Crippen LogP contribution is -2.47. The Balaban J connectivity index is 0.00000121. The van der Waals surface area contributed by atoms with Crippen LogP contribution in [0.1, 0.15) is 36.4 Å². The van der Waals surface area contributed by atoms with Gasteiger partial charge in [-0.15, -0.1) is 24.8 Å². The van der Waals surface area contributed by atoms with Crippen molar-refractivity contribution >= 4 is 24.8 Å². The zero-order valence-electron chi connectivity index (χ0n) is 12.5. The minimum absolute atomic E-state index is 0. The highest BCUT2D eigenvalue weighted by molar-refractivity contribution is 5.85. The van der Waals surface area contributed by atoms with E-state index in [4.69, 9.17) is 5.26 Å². The van der Waals surface area contributed by atoms with E-state index in [-0.39, 0.29) is 30.9 Å². The lowest BCUT2D eigenvalue weighted by atomic mass is 9.76. The molecule has 22 heavy (non-hydrogen) atoms. The number of benzene rings is 1. The Bertz CT molecular complexity index is 523. The van der Waals surface area contributed by atoms with Crippen LogP contribution in [0.2, 0.25) is 0 Å². The summed E-state index contributed by atoms with van der Waals surface area (Å²) in [4.78, 5) is 2.47. The van der Waals surface area contributed by atoms with Gasteiger partial charge in [0.25, 0.3) is 0 Å². The van der Waals surface area contributed by atoms with Gasteiger partial charge in [-0.1, -0.05) is 6.42 Å². The first-order valence-electron chi connectivity index (χ1n) is 7.47. The largest absolute Gasteiger partial charge is 0.508 e. The van der Waals surface area contributed by atoms with Crippen molar-refractivity contribution in [2.45, 2.75) is 25.3 Å². The van der Waals surface area contributed by atoms with Crippen molar-refractivity contribution in [1.82, 2.24) is 10.2 Å². The van der Waals surface area contributed by atoms with E-state index in [1.165, 1.54) is 19.3 Å². The molecule has 1 aliphatic heterocycles. The maximum absolute atomic E-state index is 10.2. The molecule has 4 nitrogen and oxygen atoms in total. The lowest BCUT2D eigenvalue weighted by Gasteiger charge is -2.43. The summed E-state index contributed by atoms with van der Waals surface area (Å²) >= 11 is 0. The van der Waals surface area contributed by atoms with E-state index in [0.29, 0.717) is 17.2 Å². The molecule has 0 unspecified atom stereocenters. The smallest absolute Gasteiger partial charge is 0.120 e. The number of phenolic OH excluding ortho intramolecular Hbond substituents is 1. The van der Waals surface area contributed by atoms with Crippen LogP contribution in [0.25, 0.3) is 0 Å². The molecule has 2 N–H and O–H groups in total. The number of nitrogens with one attached hydrogen (secondary N) is 1. The van der Waals surface area contributed by atoms with Crippen molar-refractivity contribution in [3.8, 4) is 11.8 Å². The van der Waals surface area contributed by atoms with Crippen LogP contribution in [0.15, 0.2) is 18.2 Å². The third kappa shape index (κ3) is 3.85. The zero-order valence-corrected chi connectivity index (χ0v) is 14.1. The molecule has 2 aliphatic rings. The van der Waals surface area contributed by atoms with Gasteiger partial charge in [-0.3, -0.25) is 4.90 Å². The Labute approximate surface area is 144 Å². The van der Waals surface area contributed by atoms with Gasteiger partial charge in [-0.05, 0) is 37.0 Å². The lowest BCUT2D eigenvalue weighted by molar-refractivity contribution is 0.0819. The number of hydrogen-bond donors (Lipinski definition) is 2. The molecule has 1 heterocycles. The van der Waals surface area contributed by atoms with Crippen LogP contribution < -0.4 is 5.32 Å². The topological polar surface area (TPSA) is 59.3 Å². The molecule has 1 aromatic carbocycles. The molecule has 3 rings (SSSR count). The fourth-order valence-corrected chi connectivity index (χ4v) is 3.33. The number of hydrogen-bond acceptors (Lipinski definition) is 4. The predicted octanol–water partition coefficient (Wildman–Crippen LogP) is 2.85. The summed E-state index contributed by atoms with van der Waals surface area (Å²) < 4.78 is 0. The summed E-state index contributed by atoms with van der Waals surface area (Å²) in [6.45, 7) is 4.03. The van der Waals surface area contributed by atoms with E-state index < -0.39 is 0 Å². The minimum Gasteiger partial charge on any atom is -0.508 e. The van der Waals surface area contributed by atoms with E-state index in [0.717, 1.165) is 31.7 Å². The standard InChI is InChI=1S/C16H21N3O.2ClH/c17-11-12-4-5-15(20)14(10-12)16(13-2-1-3-13)19-8-6-18-7-9-19;;/h4-5,10,13,16,18,20H,1-3,6-9H2;2*1H/t16-;;/m1../s1. The van der Waals surface area contributed by atoms with Gasteiger partial charge in [0.2, 0.25) is 0 Å². The van der Waals surface area contributed by atoms with Crippen LogP contribution in [0.5, 0.6) is 5.75 Å². The minimum atomic E-state index is 0. The summed E-state index contributed by atoms with van der Waals surface area (Å²) in [5.74, 6) is 0.951. The second kappa shape index (κ2) is 8.59. The van der Waals surface area contributed by atoms with Gasteiger partial charge in [0.1, 0.15) is 5.75 Å². The van der Waals surface area contributed by atoms with Gasteiger partial charge in [0.15, 0.2) is 0 Å². The molecule has 0 amide bonds. The van der Waals surface area contributed by atoms with E-state index in [1.807, 2.05) is 6.07 Å². The Morgan fingerprint density at radius 2 is 1.91 bits per heavy atom. The van der Waals surface area contributed by atoms with E-state index in [2.05, 4.69) is 16.3 Å². The quantitative estimate of drug-likeness (QED) is 0.885. The second-order valence-corrected chi connectivity index (χ2v) is 5.81. The summed E-state index contributed by atoms with van der Waals surface area (Å²) in [7, 11) is 0. The highest BCUT2D eigenvalue weighted by Crippen LogP contribution is 2.44. The number of piperazine rings is 1. The summed E-state index contributed by atoms with van der Waals surface area (Å²) in [6.07, 6.45) is 3.74. The molecule has 0 spiro atoms. The SMILES string of the molecule is Cl.Cl.N#Cc1ccc(O)c([C@@H](C2CCC2)N2CCNCC2)c1. The summed E-state index contributed by atoms with van der Waals surface area (Å²) in [6, 6.07) is 7.68. The molecule has 1 saturated heterocycles. The van der Waals surface area contributed by atoms with Crippen LogP contribution in [0.3, 0.4) is 0 Å². The third-order valence-corrected chi connectivity index (χ3v) is 4.62. The Kier molecular flexibility index (Phi) is 7.44. The normalized spacial score (nSPS) is 20.0. The van der Waals surface area contributed by atoms with Gasteiger partial charge < -0.3 is 10.4 Å². The zero-order chi connectivity index (χ0) is 13.9. The molecular formula is C16H23Cl2N3O. The third-order valence-electron chi connectivity index (χ3n) is 4.62. The summed E-state index contributed by atoms with van der Waals surface area (Å²) in [5.41, 5.74) is 1.58. The van der Waals surface area contributed by atoms with Gasteiger partial charge in [0.05, 0.1) is 11.6 Å². The fraction of sp³-hybridized carbons (Fsp3) is 0.562. The number of halogens is 2. The molecular weight excluding hydrogens is 321 g/mol. The molecule has 1 aromatic rings.